The zero-order valence-electron chi connectivity index (χ0n) is 18.2. The van der Waals surface area contributed by atoms with Crippen molar-refractivity contribution in [2.45, 2.75) is 44.7 Å². The van der Waals surface area contributed by atoms with Gasteiger partial charge in [-0.15, -0.1) is 11.3 Å². The lowest BCUT2D eigenvalue weighted by molar-refractivity contribution is 0.0456. The Morgan fingerprint density at radius 2 is 2.06 bits per heavy atom. The summed E-state index contributed by atoms with van der Waals surface area (Å²) in [4.78, 5) is 13.7. The Balaban J connectivity index is 1.41. The fraction of sp³-hybridized carbons (Fsp3) is 0.542. The number of H-pyrrole nitrogens is 1. The van der Waals surface area contributed by atoms with Crippen LogP contribution in [0.1, 0.15) is 40.5 Å². The van der Waals surface area contributed by atoms with Crippen molar-refractivity contribution in [2.24, 2.45) is 5.92 Å². The number of aromatic amines is 1. The molecule has 0 aliphatic carbocycles. The fourth-order valence-corrected chi connectivity index (χ4v) is 6.48. The van der Waals surface area contributed by atoms with Crippen molar-refractivity contribution in [3.63, 3.8) is 0 Å². The van der Waals surface area contributed by atoms with Crippen LogP contribution in [-0.4, -0.2) is 65.1 Å². The van der Waals surface area contributed by atoms with E-state index in [1.165, 1.54) is 15.8 Å². The first-order chi connectivity index (χ1) is 15.5. The van der Waals surface area contributed by atoms with E-state index >= 15 is 0 Å². The largest absolute Gasteiger partial charge is 0.356 e. The summed E-state index contributed by atoms with van der Waals surface area (Å²) < 4.78 is 39.4. The highest BCUT2D eigenvalue weighted by atomic mass is 32.1. The number of benzene rings is 1. The third-order valence-corrected chi connectivity index (χ3v) is 7.87. The van der Waals surface area contributed by atoms with Crippen LogP contribution in [0, 0.1) is 5.92 Å². The molecular weight excluding hydrogens is 433 g/mol. The van der Waals surface area contributed by atoms with Gasteiger partial charge in [-0.05, 0) is 43.7 Å². The minimum Gasteiger partial charge on any atom is -0.356 e. The van der Waals surface area contributed by atoms with Crippen LogP contribution in [0.15, 0.2) is 30.5 Å². The van der Waals surface area contributed by atoms with Gasteiger partial charge in [0.05, 0.1) is 13.2 Å². The van der Waals surface area contributed by atoms with Crippen molar-refractivity contribution in [1.29, 1.82) is 0 Å². The van der Waals surface area contributed by atoms with Gasteiger partial charge < -0.3 is 9.88 Å². The molecule has 1 fully saturated rings. The number of nitrogens with one attached hydrogen (secondary N) is 1. The molecule has 0 unspecified atom stereocenters. The molecule has 0 radical (unpaired) electrons. The van der Waals surface area contributed by atoms with E-state index in [4.69, 9.17) is 4.98 Å². The van der Waals surface area contributed by atoms with E-state index < -0.39 is 6.43 Å². The molecule has 172 valence electrons. The summed E-state index contributed by atoms with van der Waals surface area (Å²) in [5, 5.41) is 2.06. The summed E-state index contributed by atoms with van der Waals surface area (Å²) in [5.41, 5.74) is 3.28. The van der Waals surface area contributed by atoms with E-state index in [0.29, 0.717) is 12.3 Å². The highest BCUT2D eigenvalue weighted by Gasteiger charge is 2.38. The molecule has 1 aromatic carbocycles. The van der Waals surface area contributed by atoms with Crippen molar-refractivity contribution >= 4 is 22.2 Å². The zero-order valence-corrected chi connectivity index (χ0v) is 19.1. The minimum absolute atomic E-state index is 0.00347. The predicted octanol–water partition coefficient (Wildman–Crippen LogP) is 5.06. The summed E-state index contributed by atoms with van der Waals surface area (Å²) >= 11 is 1.65. The quantitative estimate of drug-likeness (QED) is 0.508. The van der Waals surface area contributed by atoms with Crippen molar-refractivity contribution in [3.8, 4) is 0 Å². The smallest absolute Gasteiger partial charge is 0.251 e. The third-order valence-electron chi connectivity index (χ3n) is 6.80. The number of hydrogen-bond donors (Lipinski definition) is 1. The summed E-state index contributed by atoms with van der Waals surface area (Å²) in [6.45, 7) is 4.34. The number of hydrogen-bond acceptors (Lipinski definition) is 4. The van der Waals surface area contributed by atoms with Gasteiger partial charge in [0.25, 0.3) is 6.43 Å². The number of nitrogens with zero attached hydrogens (tertiary/aromatic N) is 3. The van der Waals surface area contributed by atoms with Crippen molar-refractivity contribution < 1.29 is 13.2 Å². The van der Waals surface area contributed by atoms with E-state index in [9.17, 15) is 13.2 Å². The molecule has 0 spiro atoms. The van der Waals surface area contributed by atoms with Crippen molar-refractivity contribution in [3.05, 3.63) is 51.6 Å². The number of alkyl halides is 3. The molecule has 0 amide bonds. The average molecular weight is 463 g/mol. The first-order valence-corrected chi connectivity index (χ1v) is 12.2. The van der Waals surface area contributed by atoms with Gasteiger partial charge in [0.1, 0.15) is 11.0 Å². The number of halogens is 3. The van der Waals surface area contributed by atoms with Gasteiger partial charge in [-0.2, -0.15) is 0 Å². The summed E-state index contributed by atoms with van der Waals surface area (Å²) in [6, 6.07) is 7.90. The first-order valence-electron chi connectivity index (χ1n) is 11.4. The van der Waals surface area contributed by atoms with E-state index in [0.717, 1.165) is 48.7 Å². The molecule has 2 aliphatic heterocycles. The molecule has 1 saturated heterocycles. The minimum atomic E-state index is -2.39. The Morgan fingerprint density at radius 3 is 2.84 bits per heavy atom. The Bertz CT molecular complexity index is 1060. The summed E-state index contributed by atoms with van der Waals surface area (Å²) in [7, 11) is 0. The lowest BCUT2D eigenvalue weighted by atomic mass is 9.92. The summed E-state index contributed by atoms with van der Waals surface area (Å²) in [6.07, 6.45) is 1.82. The fourth-order valence-electron chi connectivity index (χ4n) is 5.32. The van der Waals surface area contributed by atoms with E-state index in [2.05, 4.69) is 16.0 Å². The number of para-hydroxylation sites is 1. The Kier molecular flexibility index (Phi) is 6.27. The van der Waals surface area contributed by atoms with Crippen LogP contribution in [0.3, 0.4) is 0 Å². The van der Waals surface area contributed by atoms with Gasteiger partial charge in [0, 0.05) is 53.3 Å². The van der Waals surface area contributed by atoms with Gasteiger partial charge in [-0.3, -0.25) is 9.29 Å². The molecule has 0 bridgehead atoms. The van der Waals surface area contributed by atoms with E-state index in [1.54, 1.807) is 11.3 Å². The molecular formula is C24H29F3N4S. The number of rotatable bonds is 8. The van der Waals surface area contributed by atoms with Crippen LogP contribution in [0.2, 0.25) is 0 Å². The van der Waals surface area contributed by atoms with Crippen molar-refractivity contribution in [2.75, 3.05) is 32.9 Å². The van der Waals surface area contributed by atoms with E-state index in [1.807, 2.05) is 36.2 Å². The molecule has 2 aliphatic rings. The van der Waals surface area contributed by atoms with Crippen LogP contribution in [0.5, 0.6) is 0 Å². The Labute approximate surface area is 190 Å². The third kappa shape index (κ3) is 4.20. The maximum absolute atomic E-state index is 13.5. The molecule has 0 saturated carbocycles. The molecule has 1 N–H and O–H groups in total. The topological polar surface area (TPSA) is 35.2 Å². The van der Waals surface area contributed by atoms with Crippen molar-refractivity contribution in [1.82, 2.24) is 19.8 Å². The molecule has 4 nitrogen and oxygen atoms in total. The monoisotopic (exact) mass is 462 g/mol. The molecule has 5 rings (SSSR count). The maximum atomic E-state index is 13.5. The lowest BCUT2D eigenvalue weighted by Crippen LogP contribution is -2.47. The molecule has 2 atom stereocenters. The van der Waals surface area contributed by atoms with Gasteiger partial charge in [-0.25, -0.2) is 13.8 Å². The Morgan fingerprint density at radius 1 is 1.25 bits per heavy atom. The summed E-state index contributed by atoms with van der Waals surface area (Å²) in [5.74, 6) is 0.564. The number of aromatic nitrogens is 2. The normalized spacial score (nSPS) is 22.5. The highest BCUT2D eigenvalue weighted by Crippen LogP contribution is 2.42. The number of thiazole rings is 1. The molecule has 4 heterocycles. The van der Waals surface area contributed by atoms with Gasteiger partial charge in [0.2, 0.25) is 0 Å². The van der Waals surface area contributed by atoms with E-state index in [-0.39, 0.29) is 25.3 Å². The number of likely N-dealkylation sites (tertiary alicyclic amines) is 1. The average Bonchev–Trinajstić information content (AvgIpc) is 3.34. The highest BCUT2D eigenvalue weighted by molar-refractivity contribution is 7.11. The molecule has 8 heteroatoms. The molecule has 2 aromatic heterocycles. The van der Waals surface area contributed by atoms with Gasteiger partial charge in [0.15, 0.2) is 0 Å². The second-order valence-electron chi connectivity index (χ2n) is 9.14. The predicted molar refractivity (Wildman–Crippen MR) is 122 cm³/mol. The van der Waals surface area contributed by atoms with Gasteiger partial charge in [-0.1, -0.05) is 18.2 Å². The maximum Gasteiger partial charge on any atom is 0.251 e. The van der Waals surface area contributed by atoms with Crippen LogP contribution >= 0.6 is 11.3 Å². The first kappa shape index (κ1) is 21.9. The van der Waals surface area contributed by atoms with Crippen LogP contribution < -0.4 is 0 Å². The Hall–Kier alpha value is -1.90. The number of fused-ring (bicyclic) bond motifs is 3. The lowest BCUT2D eigenvalue weighted by Gasteiger charge is -2.39. The van der Waals surface area contributed by atoms with Crippen LogP contribution in [-0.2, 0) is 12.8 Å². The second kappa shape index (κ2) is 9.15. The zero-order chi connectivity index (χ0) is 22.2. The van der Waals surface area contributed by atoms with Crippen LogP contribution in [0.25, 0.3) is 10.9 Å². The molecule has 32 heavy (non-hydrogen) atoms. The second-order valence-corrected chi connectivity index (χ2v) is 10.3. The molecule has 3 aromatic rings. The van der Waals surface area contributed by atoms with Gasteiger partial charge >= 0.3 is 0 Å². The van der Waals surface area contributed by atoms with Crippen LogP contribution in [0.4, 0.5) is 13.2 Å². The SMILES string of the molecule is C[C@@H]1Cc2c([nH]c3ccccc23)[C@@H](c2ncc(CC3CN(CCCF)C3)s2)N1CC(F)F. The standard InChI is InChI=1S/C24H29F3N4S/c1-15-9-19-18-5-2-3-6-20(18)29-22(19)23(31(15)14-21(26)27)24-28-11-17(32-24)10-16-12-30(13-16)8-4-7-25/h2-3,5-6,11,15-16,21,23,29H,4,7-10,12-14H2,1H3/t15-,23+/m1/s1.